The fourth-order valence-electron chi connectivity index (χ4n) is 4.00. The second-order valence-corrected chi connectivity index (χ2v) is 12.1. The van der Waals surface area contributed by atoms with Crippen molar-refractivity contribution in [2.45, 2.75) is 66.0 Å². The van der Waals surface area contributed by atoms with Gasteiger partial charge in [-0.25, -0.2) is 8.42 Å². The van der Waals surface area contributed by atoms with Crippen molar-refractivity contribution in [3.8, 4) is 0 Å². The van der Waals surface area contributed by atoms with Crippen molar-refractivity contribution in [2.75, 3.05) is 23.7 Å². The highest BCUT2D eigenvalue weighted by Crippen LogP contribution is 2.22. The minimum atomic E-state index is -3.53. The molecule has 0 heterocycles. The Morgan fingerprint density at radius 3 is 2.19 bits per heavy atom. The van der Waals surface area contributed by atoms with E-state index in [0.717, 1.165) is 34.0 Å². The Balaban J connectivity index is 2.16. The van der Waals surface area contributed by atoms with Gasteiger partial charge in [-0.2, -0.15) is 0 Å². The lowest BCUT2D eigenvalue weighted by Gasteiger charge is -2.29. The van der Waals surface area contributed by atoms with Crippen LogP contribution in [0.4, 0.5) is 5.69 Å². The van der Waals surface area contributed by atoms with Crippen LogP contribution < -0.4 is 9.62 Å². The Kier molecular flexibility index (Phi) is 11.4. The molecule has 0 saturated carbocycles. The highest BCUT2D eigenvalue weighted by atomic mass is 79.9. The van der Waals surface area contributed by atoms with Crippen molar-refractivity contribution in [1.82, 2.24) is 10.2 Å². The molecule has 0 spiro atoms. The third-order valence-electron chi connectivity index (χ3n) is 5.91. The number of carbonyl (C=O) groups excluding carboxylic acids is 2. The summed E-state index contributed by atoms with van der Waals surface area (Å²) in [5.41, 5.74) is 3.45. The Labute approximate surface area is 224 Å². The fourth-order valence-corrected chi connectivity index (χ4v) is 5.22. The average Bonchev–Trinajstić information content (AvgIpc) is 2.79. The van der Waals surface area contributed by atoms with Crippen LogP contribution in [0.3, 0.4) is 0 Å². The van der Waals surface area contributed by atoms with E-state index in [4.69, 9.17) is 0 Å². The van der Waals surface area contributed by atoms with Crippen LogP contribution in [0.15, 0.2) is 46.9 Å². The lowest BCUT2D eigenvalue weighted by atomic mass is 10.1. The van der Waals surface area contributed by atoms with Gasteiger partial charge in [-0.1, -0.05) is 47.5 Å². The van der Waals surface area contributed by atoms with Crippen molar-refractivity contribution < 1.29 is 18.0 Å². The van der Waals surface area contributed by atoms with Crippen LogP contribution in [0.5, 0.6) is 0 Å². The van der Waals surface area contributed by atoms with Gasteiger partial charge in [0.05, 0.1) is 11.9 Å². The summed E-state index contributed by atoms with van der Waals surface area (Å²) in [6.07, 6.45) is 3.47. The molecule has 2 aromatic rings. The number of sulfonamides is 1. The summed E-state index contributed by atoms with van der Waals surface area (Å²) >= 11 is 3.42. The number of hydrogen-bond donors (Lipinski definition) is 1. The number of anilines is 1. The lowest BCUT2D eigenvalue weighted by Crippen LogP contribution is -2.48. The maximum atomic E-state index is 13.3. The molecule has 0 saturated heterocycles. The molecule has 0 aromatic heterocycles. The molecule has 1 N–H and O–H groups in total. The lowest BCUT2D eigenvalue weighted by molar-refractivity contribution is -0.140. The van der Waals surface area contributed by atoms with E-state index in [2.05, 4.69) is 28.2 Å². The van der Waals surface area contributed by atoms with Gasteiger partial charge in [-0.3, -0.25) is 13.9 Å². The zero-order chi connectivity index (χ0) is 26.9. The van der Waals surface area contributed by atoms with E-state index in [1.165, 1.54) is 10.6 Å². The summed E-state index contributed by atoms with van der Waals surface area (Å²) in [6, 6.07) is 12.6. The molecule has 9 heteroatoms. The highest BCUT2D eigenvalue weighted by molar-refractivity contribution is 9.10. The number of amides is 2. The molecule has 2 amide bonds. The molecule has 198 valence electrons. The van der Waals surface area contributed by atoms with Gasteiger partial charge in [0.15, 0.2) is 0 Å². The van der Waals surface area contributed by atoms with Crippen LogP contribution in [-0.4, -0.2) is 50.5 Å². The number of aryl methyl sites for hydroxylation is 2. The first-order valence-corrected chi connectivity index (χ1v) is 14.9. The van der Waals surface area contributed by atoms with Crippen molar-refractivity contribution >= 4 is 43.5 Å². The molecule has 0 aliphatic rings. The molecular formula is C27H38BrN3O4S. The molecule has 0 aliphatic carbocycles. The van der Waals surface area contributed by atoms with Gasteiger partial charge in [-0.15, -0.1) is 0 Å². The molecule has 1 atom stereocenters. The topological polar surface area (TPSA) is 86.8 Å². The third kappa shape index (κ3) is 9.24. The van der Waals surface area contributed by atoms with Crippen LogP contribution in [0.1, 0.15) is 56.2 Å². The zero-order valence-electron chi connectivity index (χ0n) is 21.9. The van der Waals surface area contributed by atoms with E-state index in [0.29, 0.717) is 25.2 Å². The summed E-state index contributed by atoms with van der Waals surface area (Å²) in [7, 11) is -3.53. The second kappa shape index (κ2) is 13.8. The van der Waals surface area contributed by atoms with Gasteiger partial charge in [0.25, 0.3) is 0 Å². The third-order valence-corrected chi connectivity index (χ3v) is 7.63. The van der Waals surface area contributed by atoms with Crippen molar-refractivity contribution in [3.63, 3.8) is 0 Å². The van der Waals surface area contributed by atoms with Crippen LogP contribution in [0.25, 0.3) is 0 Å². The SMILES string of the molecule is CCCCNC(=O)[C@@H](C)N(Cc1ccc(Br)cc1)C(=O)CCCN(c1cc(C)cc(C)c1)S(C)(=O)=O. The Bertz CT molecular complexity index is 1120. The minimum Gasteiger partial charge on any atom is -0.354 e. The fraction of sp³-hybridized carbons (Fsp3) is 0.481. The molecule has 0 fully saturated rings. The van der Waals surface area contributed by atoms with E-state index in [1.54, 1.807) is 11.8 Å². The first kappa shape index (κ1) is 29.8. The number of hydrogen-bond acceptors (Lipinski definition) is 4. The summed E-state index contributed by atoms with van der Waals surface area (Å²) in [6.45, 7) is 8.67. The van der Waals surface area contributed by atoms with E-state index >= 15 is 0 Å². The number of halogens is 1. The molecule has 36 heavy (non-hydrogen) atoms. The molecule has 0 radical (unpaired) electrons. The summed E-state index contributed by atoms with van der Waals surface area (Å²) in [4.78, 5) is 27.7. The first-order valence-electron chi connectivity index (χ1n) is 12.3. The smallest absolute Gasteiger partial charge is 0.242 e. The van der Waals surface area contributed by atoms with Crippen molar-refractivity contribution in [1.29, 1.82) is 0 Å². The van der Waals surface area contributed by atoms with Gasteiger partial charge in [-0.05, 0) is 74.6 Å². The standard InChI is InChI=1S/C27H38BrN3O4S/c1-6-7-14-29-27(33)22(4)30(19-23-10-12-24(28)13-11-23)26(32)9-8-15-31(36(5,34)35)25-17-20(2)16-21(3)18-25/h10-13,16-18,22H,6-9,14-15,19H2,1-5H3,(H,29,33)/t22-/m1/s1. The molecular weight excluding hydrogens is 542 g/mol. The summed E-state index contributed by atoms with van der Waals surface area (Å²) < 4.78 is 27.3. The van der Waals surface area contributed by atoms with E-state index in [1.807, 2.05) is 56.3 Å². The molecule has 2 aromatic carbocycles. The van der Waals surface area contributed by atoms with E-state index in [9.17, 15) is 18.0 Å². The monoisotopic (exact) mass is 579 g/mol. The van der Waals surface area contributed by atoms with Gasteiger partial charge >= 0.3 is 0 Å². The average molecular weight is 581 g/mol. The second-order valence-electron chi connectivity index (χ2n) is 9.25. The van der Waals surface area contributed by atoms with Gasteiger partial charge < -0.3 is 10.2 Å². The number of unbranched alkanes of at least 4 members (excludes halogenated alkanes) is 1. The quantitative estimate of drug-likeness (QED) is 0.340. The minimum absolute atomic E-state index is 0.125. The predicted octanol–water partition coefficient (Wildman–Crippen LogP) is 4.95. The maximum Gasteiger partial charge on any atom is 0.242 e. The van der Waals surface area contributed by atoms with Crippen LogP contribution in [0, 0.1) is 13.8 Å². The molecule has 0 unspecified atom stereocenters. The molecule has 2 rings (SSSR count). The predicted molar refractivity (Wildman–Crippen MR) is 149 cm³/mol. The van der Waals surface area contributed by atoms with Gasteiger partial charge in [0.1, 0.15) is 6.04 Å². The van der Waals surface area contributed by atoms with E-state index < -0.39 is 16.1 Å². The number of nitrogens with one attached hydrogen (secondary N) is 1. The largest absolute Gasteiger partial charge is 0.354 e. The summed E-state index contributed by atoms with van der Waals surface area (Å²) in [5, 5.41) is 2.91. The van der Waals surface area contributed by atoms with Crippen molar-refractivity contribution in [2.24, 2.45) is 0 Å². The number of nitrogens with zero attached hydrogens (tertiary/aromatic N) is 2. The number of benzene rings is 2. The normalized spacial score (nSPS) is 12.2. The molecule has 0 bridgehead atoms. The Morgan fingerprint density at radius 1 is 1.03 bits per heavy atom. The van der Waals surface area contributed by atoms with Crippen LogP contribution in [-0.2, 0) is 26.2 Å². The first-order chi connectivity index (χ1) is 16.9. The Morgan fingerprint density at radius 2 is 1.64 bits per heavy atom. The maximum absolute atomic E-state index is 13.3. The zero-order valence-corrected chi connectivity index (χ0v) is 24.3. The van der Waals surface area contributed by atoms with Crippen LogP contribution in [0.2, 0.25) is 0 Å². The van der Waals surface area contributed by atoms with Gasteiger partial charge in [0.2, 0.25) is 21.8 Å². The van der Waals surface area contributed by atoms with Crippen LogP contribution >= 0.6 is 15.9 Å². The molecule has 0 aliphatic heterocycles. The van der Waals surface area contributed by atoms with Gasteiger partial charge in [0, 0.05) is 30.5 Å². The number of carbonyl (C=O) groups is 2. The van der Waals surface area contributed by atoms with E-state index in [-0.39, 0.29) is 24.8 Å². The van der Waals surface area contributed by atoms with Crippen molar-refractivity contribution in [3.05, 3.63) is 63.6 Å². The summed E-state index contributed by atoms with van der Waals surface area (Å²) in [5.74, 6) is -0.383. The number of rotatable bonds is 13. The Hall–Kier alpha value is -2.39. The highest BCUT2D eigenvalue weighted by Gasteiger charge is 2.26. The molecule has 7 nitrogen and oxygen atoms in total.